The molecule has 0 bridgehead atoms. The number of carbonyl (C=O) groups excluding carboxylic acids is 2. The van der Waals surface area contributed by atoms with Crippen molar-refractivity contribution in [2.75, 3.05) is 0 Å². The SMILES string of the molecule is CC(=O)Oc1c(Cc2cc(C)c(C)o2)nc2c(Cc3ccccc3)nc(-c3ccccc3)cn12.CC(=O)Oc1c(Cc2ccccn2)nc2c(Cc3ccccc3)nc(-c3ccccc3)cn12. The minimum atomic E-state index is -0.405. The molecule has 67 heavy (non-hydrogen) atoms. The van der Waals surface area contributed by atoms with E-state index in [9.17, 15) is 9.59 Å². The number of nitrogens with zero attached hydrogens (tertiary/aromatic N) is 7. The zero-order chi connectivity index (χ0) is 46.3. The van der Waals surface area contributed by atoms with E-state index in [-0.39, 0.29) is 0 Å². The van der Waals surface area contributed by atoms with Crippen LogP contribution >= 0.6 is 0 Å². The Morgan fingerprint density at radius 2 is 0.970 bits per heavy atom. The Balaban J connectivity index is 0.000000168. The largest absolute Gasteiger partial charge is 0.466 e. The van der Waals surface area contributed by atoms with Gasteiger partial charge in [-0.05, 0) is 48.7 Å². The third-order valence-corrected chi connectivity index (χ3v) is 11.1. The lowest BCUT2D eigenvalue weighted by Crippen LogP contribution is -2.07. The number of hydrogen-bond acceptors (Lipinski definition) is 10. The molecule has 12 heteroatoms. The van der Waals surface area contributed by atoms with Crippen LogP contribution in [0.15, 0.2) is 169 Å². The molecule has 10 aromatic rings. The predicted molar refractivity (Wildman–Crippen MR) is 256 cm³/mol. The van der Waals surface area contributed by atoms with Crippen LogP contribution in [0.2, 0.25) is 0 Å². The van der Waals surface area contributed by atoms with Crippen LogP contribution in [0.5, 0.6) is 11.8 Å². The van der Waals surface area contributed by atoms with E-state index in [2.05, 4.69) is 29.2 Å². The molecule has 0 radical (unpaired) electrons. The molecule has 0 unspecified atom stereocenters. The zero-order valence-electron chi connectivity index (χ0n) is 37.6. The summed E-state index contributed by atoms with van der Waals surface area (Å²) in [7, 11) is 0. The lowest BCUT2D eigenvalue weighted by Gasteiger charge is -2.10. The van der Waals surface area contributed by atoms with Crippen LogP contribution in [-0.4, -0.2) is 45.7 Å². The van der Waals surface area contributed by atoms with E-state index < -0.39 is 11.9 Å². The van der Waals surface area contributed by atoms with Crippen LogP contribution in [-0.2, 0) is 35.3 Å². The Labute approximate surface area is 387 Å². The number of benzene rings is 4. The predicted octanol–water partition coefficient (Wildman–Crippen LogP) is 10.6. The summed E-state index contributed by atoms with van der Waals surface area (Å²) < 4.78 is 20.9. The van der Waals surface area contributed by atoms with Crippen molar-refractivity contribution in [3.63, 3.8) is 0 Å². The van der Waals surface area contributed by atoms with E-state index in [0.29, 0.717) is 60.1 Å². The van der Waals surface area contributed by atoms with Crippen molar-refractivity contribution in [3.8, 4) is 34.3 Å². The van der Waals surface area contributed by atoms with Crippen molar-refractivity contribution in [1.82, 2.24) is 33.7 Å². The fourth-order valence-electron chi connectivity index (χ4n) is 7.88. The number of carbonyl (C=O) groups is 2. The molecule has 6 heterocycles. The lowest BCUT2D eigenvalue weighted by molar-refractivity contribution is -0.133. The summed E-state index contributed by atoms with van der Waals surface area (Å²) in [6, 6.07) is 47.9. The molecule has 332 valence electrons. The first kappa shape index (κ1) is 43.7. The monoisotopic (exact) mass is 885 g/mol. The number of rotatable bonds is 12. The van der Waals surface area contributed by atoms with Gasteiger partial charge < -0.3 is 13.9 Å². The van der Waals surface area contributed by atoms with Gasteiger partial charge in [0, 0.05) is 68.5 Å². The Bertz CT molecular complexity index is 3290. The first-order valence-corrected chi connectivity index (χ1v) is 22.0. The van der Waals surface area contributed by atoms with Crippen molar-refractivity contribution in [2.45, 2.75) is 53.4 Å². The highest BCUT2D eigenvalue weighted by Gasteiger charge is 2.23. The molecule has 0 aliphatic carbocycles. The smallest absolute Gasteiger partial charge is 0.309 e. The van der Waals surface area contributed by atoms with Gasteiger partial charge in [0.15, 0.2) is 11.3 Å². The molecule has 12 nitrogen and oxygen atoms in total. The first-order valence-electron chi connectivity index (χ1n) is 22.0. The Morgan fingerprint density at radius 3 is 1.39 bits per heavy atom. The average molecular weight is 886 g/mol. The molecule has 4 aromatic carbocycles. The second-order valence-corrected chi connectivity index (χ2v) is 16.1. The van der Waals surface area contributed by atoms with E-state index >= 15 is 0 Å². The molecule has 0 saturated carbocycles. The van der Waals surface area contributed by atoms with Gasteiger partial charge in [0.25, 0.3) is 0 Å². The third-order valence-electron chi connectivity index (χ3n) is 11.1. The summed E-state index contributed by atoms with van der Waals surface area (Å²) in [5.41, 5.74) is 11.9. The number of ether oxygens (including phenoxy) is 2. The summed E-state index contributed by atoms with van der Waals surface area (Å²) in [6.07, 6.45) is 7.55. The molecule has 0 aliphatic rings. The van der Waals surface area contributed by atoms with Crippen LogP contribution in [0.1, 0.15) is 70.5 Å². The average Bonchev–Trinajstić information content (AvgIpc) is 3.98. The number of furan rings is 1. The zero-order valence-corrected chi connectivity index (χ0v) is 37.6. The van der Waals surface area contributed by atoms with Gasteiger partial charge in [-0.1, -0.05) is 127 Å². The van der Waals surface area contributed by atoms with Gasteiger partial charge in [0.2, 0.25) is 11.8 Å². The number of imidazole rings is 2. The first-order chi connectivity index (χ1) is 32.6. The number of pyridine rings is 1. The highest BCUT2D eigenvalue weighted by molar-refractivity contribution is 5.72. The highest BCUT2D eigenvalue weighted by Crippen LogP contribution is 2.32. The van der Waals surface area contributed by atoms with Gasteiger partial charge in [-0.2, -0.15) is 0 Å². The van der Waals surface area contributed by atoms with Gasteiger partial charge in [-0.15, -0.1) is 0 Å². The maximum atomic E-state index is 12.0. The summed E-state index contributed by atoms with van der Waals surface area (Å²) in [5, 5.41) is 0. The summed E-state index contributed by atoms with van der Waals surface area (Å²) in [5.74, 6) is 1.62. The van der Waals surface area contributed by atoms with Crippen LogP contribution in [0, 0.1) is 13.8 Å². The van der Waals surface area contributed by atoms with E-state index in [1.54, 1.807) is 6.20 Å². The van der Waals surface area contributed by atoms with Crippen LogP contribution in [0.4, 0.5) is 0 Å². The molecule has 0 amide bonds. The minimum Gasteiger partial charge on any atom is -0.466 e. The van der Waals surface area contributed by atoms with E-state index in [0.717, 1.165) is 67.8 Å². The number of aryl methyl sites for hydroxylation is 2. The highest BCUT2D eigenvalue weighted by atomic mass is 16.5. The second kappa shape index (κ2) is 19.7. The number of esters is 2. The fourth-order valence-corrected chi connectivity index (χ4v) is 7.88. The second-order valence-electron chi connectivity index (χ2n) is 16.1. The molecule has 0 N–H and O–H groups in total. The number of aromatic nitrogens is 7. The van der Waals surface area contributed by atoms with E-state index in [4.69, 9.17) is 33.8 Å². The molecule has 0 saturated heterocycles. The molecule has 10 rings (SSSR count). The molecular weight excluding hydrogens is 839 g/mol. The van der Waals surface area contributed by atoms with Gasteiger partial charge in [-0.25, -0.2) is 19.9 Å². The van der Waals surface area contributed by atoms with Crippen molar-refractivity contribution >= 4 is 23.2 Å². The molecule has 0 spiro atoms. The summed E-state index contributed by atoms with van der Waals surface area (Å²) >= 11 is 0. The lowest BCUT2D eigenvalue weighted by atomic mass is 10.1. The van der Waals surface area contributed by atoms with Crippen molar-refractivity contribution in [2.24, 2.45) is 0 Å². The molecule has 0 atom stereocenters. The molecule has 0 aliphatic heterocycles. The van der Waals surface area contributed by atoms with Gasteiger partial charge in [0.05, 0.1) is 29.2 Å². The van der Waals surface area contributed by atoms with Crippen LogP contribution in [0.3, 0.4) is 0 Å². The minimum absolute atomic E-state index is 0.392. The number of fused-ring (bicyclic) bond motifs is 2. The normalized spacial score (nSPS) is 11.0. The Morgan fingerprint density at radius 1 is 0.522 bits per heavy atom. The van der Waals surface area contributed by atoms with Gasteiger partial charge >= 0.3 is 11.9 Å². The van der Waals surface area contributed by atoms with Crippen molar-refractivity contribution in [1.29, 1.82) is 0 Å². The molecule has 6 aromatic heterocycles. The summed E-state index contributed by atoms with van der Waals surface area (Å²) in [6.45, 7) is 6.74. The maximum Gasteiger partial charge on any atom is 0.309 e. The molecule has 0 fully saturated rings. The maximum absolute atomic E-state index is 12.0. The quantitative estimate of drug-likeness (QED) is 0.109. The topological polar surface area (TPSA) is 139 Å². The van der Waals surface area contributed by atoms with E-state index in [1.807, 2.05) is 156 Å². The van der Waals surface area contributed by atoms with E-state index in [1.165, 1.54) is 13.8 Å². The Kier molecular flexibility index (Phi) is 12.9. The number of hydrogen-bond donors (Lipinski definition) is 0. The van der Waals surface area contributed by atoms with Crippen molar-refractivity contribution in [3.05, 3.63) is 221 Å². The third kappa shape index (κ3) is 10.2. The van der Waals surface area contributed by atoms with Crippen molar-refractivity contribution < 1.29 is 23.5 Å². The summed E-state index contributed by atoms with van der Waals surface area (Å²) in [4.78, 5) is 48.2. The Hall–Kier alpha value is -8.51. The fraction of sp³-hybridized carbons (Fsp3) is 0.145. The van der Waals surface area contributed by atoms with Crippen LogP contribution in [0.25, 0.3) is 33.8 Å². The standard InChI is InChI=1S/C28H25N3O3.C27H22N4O2/c1-18-14-23(33-19(18)2)16-25-28(34-20(3)32)31-17-26(22-12-8-5-9-13-22)29-24(27(31)30-25)15-21-10-6-4-7-11-21;1-19(32)33-27-24(17-22-14-8-9-15-28-22)30-26-23(16-20-10-4-2-5-11-20)29-25(18-31(26)27)21-12-6-3-7-13-21/h4-14,17H,15-16H2,1-3H3;2-15,18H,16-17H2,1H3. The molecular formula is C55H47N7O5. The van der Waals surface area contributed by atoms with Gasteiger partial charge in [0.1, 0.15) is 22.9 Å². The van der Waals surface area contributed by atoms with Crippen LogP contribution < -0.4 is 9.47 Å². The van der Waals surface area contributed by atoms with Gasteiger partial charge in [-0.3, -0.25) is 23.4 Å².